The van der Waals surface area contributed by atoms with Gasteiger partial charge in [-0.3, -0.25) is 9.48 Å². The fourth-order valence-corrected chi connectivity index (χ4v) is 2.93. The van der Waals surface area contributed by atoms with Crippen molar-refractivity contribution in [3.8, 4) is 16.9 Å². The van der Waals surface area contributed by atoms with Crippen LogP contribution in [0.15, 0.2) is 36.7 Å². The molecule has 128 valence electrons. The average molecular weight is 329 g/mol. The molecule has 0 unspecified atom stereocenters. The van der Waals surface area contributed by atoms with Gasteiger partial charge in [0, 0.05) is 31.9 Å². The third-order valence-electron chi connectivity index (χ3n) is 4.03. The van der Waals surface area contributed by atoms with E-state index in [1.54, 1.807) is 4.68 Å². The lowest BCUT2D eigenvalue weighted by molar-refractivity contribution is -0.145. The van der Waals surface area contributed by atoms with Gasteiger partial charge in [-0.1, -0.05) is 12.1 Å². The summed E-state index contributed by atoms with van der Waals surface area (Å²) in [6, 6.07) is 7.69. The molecule has 0 spiro atoms. The molecule has 1 saturated heterocycles. The number of ether oxygens (including phenoxy) is 2. The van der Waals surface area contributed by atoms with E-state index in [0.717, 1.165) is 11.1 Å². The lowest BCUT2D eigenvalue weighted by atomic mass is 10.1. The topological polar surface area (TPSA) is 56.6 Å². The predicted octanol–water partition coefficient (Wildman–Crippen LogP) is 2.10. The highest BCUT2D eigenvalue weighted by Crippen LogP contribution is 2.22. The highest BCUT2D eigenvalue weighted by Gasteiger charge is 2.25. The van der Waals surface area contributed by atoms with Crippen molar-refractivity contribution in [3.05, 3.63) is 36.7 Å². The van der Waals surface area contributed by atoms with Gasteiger partial charge in [-0.25, -0.2) is 0 Å². The van der Waals surface area contributed by atoms with E-state index in [-0.39, 0.29) is 24.7 Å². The van der Waals surface area contributed by atoms with Crippen LogP contribution in [0.3, 0.4) is 0 Å². The number of rotatable bonds is 4. The van der Waals surface area contributed by atoms with Crippen LogP contribution in [0.1, 0.15) is 13.8 Å². The predicted molar refractivity (Wildman–Crippen MR) is 90.7 cm³/mol. The van der Waals surface area contributed by atoms with Crippen molar-refractivity contribution >= 4 is 5.91 Å². The first-order chi connectivity index (χ1) is 11.5. The van der Waals surface area contributed by atoms with Gasteiger partial charge in [-0.05, 0) is 31.5 Å². The Balaban J connectivity index is 1.55. The standard InChI is InChI=1S/C18H23N3O3/c1-13-9-21(10-14(2)24-13)18(22)12-23-17-6-4-15(5-7-17)16-8-19-20(3)11-16/h4-8,11,13-14H,9-10,12H2,1-3H3/t13-,14-/m0/s1. The molecular formula is C18H23N3O3. The van der Waals surface area contributed by atoms with Crippen molar-refractivity contribution in [1.82, 2.24) is 14.7 Å². The molecule has 1 aromatic carbocycles. The van der Waals surface area contributed by atoms with Crippen LogP contribution in [-0.2, 0) is 16.6 Å². The van der Waals surface area contributed by atoms with Crippen LogP contribution in [0.4, 0.5) is 0 Å². The SMILES string of the molecule is C[C@H]1CN(C(=O)COc2ccc(-c3cnn(C)c3)cc2)C[C@H](C)O1. The van der Waals surface area contributed by atoms with Crippen molar-refractivity contribution in [1.29, 1.82) is 0 Å². The summed E-state index contributed by atoms with van der Waals surface area (Å²) >= 11 is 0. The molecule has 1 fully saturated rings. The first-order valence-corrected chi connectivity index (χ1v) is 8.16. The molecule has 0 aliphatic carbocycles. The lowest BCUT2D eigenvalue weighted by Crippen LogP contribution is -2.49. The largest absolute Gasteiger partial charge is 0.484 e. The zero-order valence-electron chi connectivity index (χ0n) is 14.3. The van der Waals surface area contributed by atoms with Gasteiger partial charge in [-0.2, -0.15) is 5.10 Å². The van der Waals surface area contributed by atoms with E-state index in [1.165, 1.54) is 0 Å². The number of amides is 1. The summed E-state index contributed by atoms with van der Waals surface area (Å²) in [6.07, 6.45) is 3.91. The Bertz CT molecular complexity index is 686. The normalized spacial score (nSPS) is 20.9. The van der Waals surface area contributed by atoms with E-state index in [0.29, 0.717) is 18.8 Å². The second kappa shape index (κ2) is 7.05. The van der Waals surface area contributed by atoms with E-state index in [2.05, 4.69) is 5.10 Å². The van der Waals surface area contributed by atoms with E-state index in [4.69, 9.17) is 9.47 Å². The first-order valence-electron chi connectivity index (χ1n) is 8.16. The molecule has 1 aliphatic rings. The third kappa shape index (κ3) is 3.94. The summed E-state index contributed by atoms with van der Waals surface area (Å²) in [7, 11) is 1.89. The summed E-state index contributed by atoms with van der Waals surface area (Å²) < 4.78 is 13.0. The fourth-order valence-electron chi connectivity index (χ4n) is 2.93. The molecular weight excluding hydrogens is 306 g/mol. The van der Waals surface area contributed by atoms with E-state index in [9.17, 15) is 4.79 Å². The molecule has 24 heavy (non-hydrogen) atoms. The van der Waals surface area contributed by atoms with E-state index < -0.39 is 0 Å². The summed E-state index contributed by atoms with van der Waals surface area (Å²) in [5.41, 5.74) is 2.12. The Morgan fingerprint density at radius 2 is 1.88 bits per heavy atom. The molecule has 0 bridgehead atoms. The number of morpholine rings is 1. The van der Waals surface area contributed by atoms with Crippen molar-refractivity contribution in [3.63, 3.8) is 0 Å². The first kappa shape index (κ1) is 16.5. The van der Waals surface area contributed by atoms with Crippen LogP contribution in [0.2, 0.25) is 0 Å². The summed E-state index contributed by atoms with van der Waals surface area (Å²) in [5.74, 6) is 0.679. The smallest absolute Gasteiger partial charge is 0.260 e. The second-order valence-electron chi connectivity index (χ2n) is 6.27. The van der Waals surface area contributed by atoms with Gasteiger partial charge in [0.25, 0.3) is 5.91 Å². The molecule has 0 N–H and O–H groups in total. The van der Waals surface area contributed by atoms with E-state index in [1.807, 2.05) is 62.5 Å². The van der Waals surface area contributed by atoms with Gasteiger partial charge in [0.1, 0.15) is 5.75 Å². The van der Waals surface area contributed by atoms with Crippen molar-refractivity contribution in [2.45, 2.75) is 26.1 Å². The maximum atomic E-state index is 12.3. The molecule has 0 radical (unpaired) electrons. The molecule has 6 nitrogen and oxygen atoms in total. The van der Waals surface area contributed by atoms with Gasteiger partial charge in [-0.15, -0.1) is 0 Å². The summed E-state index contributed by atoms with van der Waals surface area (Å²) in [4.78, 5) is 14.1. The van der Waals surface area contributed by atoms with Crippen molar-refractivity contribution in [2.75, 3.05) is 19.7 Å². The number of carbonyl (C=O) groups excluding carboxylic acids is 1. The Hall–Kier alpha value is -2.34. The number of aryl methyl sites for hydroxylation is 1. The van der Waals surface area contributed by atoms with Gasteiger partial charge in [0.15, 0.2) is 6.61 Å². The van der Waals surface area contributed by atoms with Crippen LogP contribution >= 0.6 is 0 Å². The van der Waals surface area contributed by atoms with Crippen molar-refractivity contribution in [2.24, 2.45) is 7.05 Å². The van der Waals surface area contributed by atoms with Crippen LogP contribution in [0.25, 0.3) is 11.1 Å². The van der Waals surface area contributed by atoms with Crippen LogP contribution < -0.4 is 4.74 Å². The van der Waals surface area contributed by atoms with Gasteiger partial charge in [0.05, 0.1) is 18.4 Å². The molecule has 1 aliphatic heterocycles. The molecule has 2 atom stereocenters. The summed E-state index contributed by atoms with van der Waals surface area (Å²) in [6.45, 7) is 5.24. The molecule has 2 heterocycles. The molecule has 3 rings (SSSR count). The minimum Gasteiger partial charge on any atom is -0.484 e. The quantitative estimate of drug-likeness (QED) is 0.862. The number of aromatic nitrogens is 2. The van der Waals surface area contributed by atoms with E-state index >= 15 is 0 Å². The number of benzene rings is 1. The number of nitrogens with zero attached hydrogens (tertiary/aromatic N) is 3. The highest BCUT2D eigenvalue weighted by atomic mass is 16.5. The van der Waals surface area contributed by atoms with Crippen molar-refractivity contribution < 1.29 is 14.3 Å². The third-order valence-corrected chi connectivity index (χ3v) is 4.03. The number of hydrogen-bond acceptors (Lipinski definition) is 4. The Morgan fingerprint density at radius 1 is 1.21 bits per heavy atom. The molecule has 2 aromatic rings. The maximum Gasteiger partial charge on any atom is 0.260 e. The Morgan fingerprint density at radius 3 is 2.46 bits per heavy atom. The maximum absolute atomic E-state index is 12.3. The number of carbonyl (C=O) groups is 1. The van der Waals surface area contributed by atoms with Crippen LogP contribution in [-0.4, -0.2) is 52.5 Å². The Kier molecular flexibility index (Phi) is 4.85. The van der Waals surface area contributed by atoms with Gasteiger partial charge < -0.3 is 14.4 Å². The minimum absolute atomic E-state index is 0.00617. The molecule has 1 amide bonds. The monoisotopic (exact) mass is 329 g/mol. The molecule has 0 saturated carbocycles. The average Bonchev–Trinajstić information content (AvgIpc) is 2.98. The second-order valence-corrected chi connectivity index (χ2v) is 6.27. The zero-order chi connectivity index (χ0) is 17.1. The summed E-state index contributed by atoms with van der Waals surface area (Å²) in [5, 5.41) is 4.16. The van der Waals surface area contributed by atoms with Crippen LogP contribution in [0, 0.1) is 0 Å². The zero-order valence-corrected chi connectivity index (χ0v) is 14.3. The van der Waals surface area contributed by atoms with Gasteiger partial charge in [0.2, 0.25) is 0 Å². The van der Waals surface area contributed by atoms with Gasteiger partial charge >= 0.3 is 0 Å². The Labute approximate surface area is 142 Å². The minimum atomic E-state index is -0.00617. The van der Waals surface area contributed by atoms with Crippen LogP contribution in [0.5, 0.6) is 5.75 Å². The molecule has 6 heteroatoms. The molecule has 1 aromatic heterocycles. The number of hydrogen-bond donors (Lipinski definition) is 0. The highest BCUT2D eigenvalue weighted by molar-refractivity contribution is 5.78. The lowest BCUT2D eigenvalue weighted by Gasteiger charge is -2.35. The fraction of sp³-hybridized carbons (Fsp3) is 0.444.